The predicted molar refractivity (Wildman–Crippen MR) is 87.1 cm³/mol. The zero-order chi connectivity index (χ0) is 16.4. The van der Waals surface area contributed by atoms with Crippen molar-refractivity contribution >= 4 is 29.2 Å². The van der Waals surface area contributed by atoms with E-state index in [0.29, 0.717) is 23.0 Å². The highest BCUT2D eigenvalue weighted by molar-refractivity contribution is 6.42. The molecule has 1 atom stereocenters. The number of carboxylic acids is 1. The maximum Gasteiger partial charge on any atom is 0.320 e. The van der Waals surface area contributed by atoms with E-state index in [1.807, 2.05) is 4.90 Å². The number of nitrogens with zero attached hydrogens (tertiary/aromatic N) is 4. The second-order valence-electron chi connectivity index (χ2n) is 5.57. The van der Waals surface area contributed by atoms with E-state index < -0.39 is 12.0 Å². The van der Waals surface area contributed by atoms with Crippen molar-refractivity contribution in [2.24, 2.45) is 0 Å². The molecular formula is C15H16Cl2N4O2. The maximum atomic E-state index is 11.3. The molecule has 122 valence electrons. The number of aromatic nitrogens is 3. The third-order valence-electron chi connectivity index (χ3n) is 3.97. The summed E-state index contributed by atoms with van der Waals surface area (Å²) in [5.41, 5.74) is 1.48. The molecule has 0 aliphatic carbocycles. The summed E-state index contributed by atoms with van der Waals surface area (Å²) in [4.78, 5) is 13.3. The lowest BCUT2D eigenvalue weighted by Gasteiger charge is -2.31. The Morgan fingerprint density at radius 2 is 2.13 bits per heavy atom. The summed E-state index contributed by atoms with van der Waals surface area (Å²) in [5, 5.41) is 18.5. The van der Waals surface area contributed by atoms with Crippen LogP contribution in [0.4, 0.5) is 0 Å². The van der Waals surface area contributed by atoms with E-state index in [4.69, 9.17) is 23.2 Å². The van der Waals surface area contributed by atoms with Crippen LogP contribution >= 0.6 is 23.2 Å². The number of hydrogen-bond donors (Lipinski definition) is 1. The Hall–Kier alpha value is -1.63. The van der Waals surface area contributed by atoms with Crippen molar-refractivity contribution in [2.45, 2.75) is 31.8 Å². The fraction of sp³-hybridized carbons (Fsp3) is 0.400. The number of aliphatic carboxylic acids is 1. The lowest BCUT2D eigenvalue weighted by Crippen LogP contribution is -2.44. The zero-order valence-electron chi connectivity index (χ0n) is 12.3. The Kier molecular flexibility index (Phi) is 4.84. The minimum Gasteiger partial charge on any atom is -0.480 e. The molecule has 6 nitrogen and oxygen atoms in total. The highest BCUT2D eigenvalue weighted by Gasteiger charge is 2.28. The molecule has 1 N–H and O–H groups in total. The Morgan fingerprint density at radius 1 is 1.30 bits per heavy atom. The topological polar surface area (TPSA) is 71.2 Å². The van der Waals surface area contributed by atoms with Crippen molar-refractivity contribution in [3.63, 3.8) is 0 Å². The van der Waals surface area contributed by atoms with Crippen LogP contribution in [0.1, 0.15) is 25.0 Å². The summed E-state index contributed by atoms with van der Waals surface area (Å²) < 4.78 is 1.61. The van der Waals surface area contributed by atoms with Crippen molar-refractivity contribution in [1.29, 1.82) is 0 Å². The molecule has 1 aliphatic rings. The molecule has 1 fully saturated rings. The van der Waals surface area contributed by atoms with Gasteiger partial charge in [-0.15, -0.1) is 5.10 Å². The lowest BCUT2D eigenvalue weighted by atomic mass is 10.0. The molecule has 1 unspecified atom stereocenters. The quantitative estimate of drug-likeness (QED) is 0.913. The minimum atomic E-state index is -0.776. The summed E-state index contributed by atoms with van der Waals surface area (Å²) in [6.45, 7) is 1.23. The van der Waals surface area contributed by atoms with E-state index in [2.05, 4.69) is 10.3 Å². The molecule has 1 saturated heterocycles. The second-order valence-corrected chi connectivity index (χ2v) is 6.39. The van der Waals surface area contributed by atoms with Gasteiger partial charge >= 0.3 is 5.97 Å². The Labute approximate surface area is 143 Å². The SMILES string of the molecule is O=C(O)C1CCCCN1Cc1cn(-c2ccc(Cl)c(Cl)c2)nn1. The van der Waals surface area contributed by atoms with E-state index in [1.165, 1.54) is 0 Å². The second kappa shape index (κ2) is 6.86. The van der Waals surface area contributed by atoms with Crippen LogP contribution in [0.25, 0.3) is 5.69 Å². The molecule has 1 aliphatic heterocycles. The number of halogens is 2. The molecule has 0 spiro atoms. The summed E-state index contributed by atoms with van der Waals surface area (Å²) in [7, 11) is 0. The molecule has 3 rings (SSSR count). The van der Waals surface area contributed by atoms with Gasteiger partial charge in [-0.05, 0) is 37.6 Å². The summed E-state index contributed by atoms with van der Waals surface area (Å²) in [6.07, 6.45) is 4.41. The molecule has 2 aromatic rings. The van der Waals surface area contributed by atoms with Gasteiger partial charge < -0.3 is 5.11 Å². The number of carboxylic acid groups (broad SMARTS) is 1. The highest BCUT2D eigenvalue weighted by Crippen LogP contribution is 2.24. The van der Waals surface area contributed by atoms with Crippen molar-refractivity contribution < 1.29 is 9.90 Å². The summed E-state index contributed by atoms with van der Waals surface area (Å²) >= 11 is 11.9. The smallest absolute Gasteiger partial charge is 0.320 e. The van der Waals surface area contributed by atoms with Crippen LogP contribution in [0.15, 0.2) is 24.4 Å². The molecule has 0 bridgehead atoms. The molecule has 0 radical (unpaired) electrons. The third-order valence-corrected chi connectivity index (χ3v) is 4.71. The fourth-order valence-electron chi connectivity index (χ4n) is 2.79. The van der Waals surface area contributed by atoms with Gasteiger partial charge in [0.05, 0.1) is 27.6 Å². The Bertz CT molecular complexity index is 719. The summed E-state index contributed by atoms with van der Waals surface area (Å²) in [5.74, 6) is -0.776. The van der Waals surface area contributed by atoms with E-state index in [-0.39, 0.29) is 0 Å². The molecule has 1 aromatic carbocycles. The van der Waals surface area contributed by atoms with Gasteiger partial charge in [0, 0.05) is 6.54 Å². The van der Waals surface area contributed by atoms with Crippen LogP contribution in [0.3, 0.4) is 0 Å². The van der Waals surface area contributed by atoms with Gasteiger partial charge in [0.1, 0.15) is 6.04 Å². The first-order chi connectivity index (χ1) is 11.0. The molecule has 8 heteroatoms. The average Bonchev–Trinajstić information content (AvgIpc) is 2.99. The molecule has 0 amide bonds. The van der Waals surface area contributed by atoms with E-state index >= 15 is 0 Å². The Balaban J connectivity index is 1.76. The highest BCUT2D eigenvalue weighted by atomic mass is 35.5. The van der Waals surface area contributed by atoms with Crippen molar-refractivity contribution in [1.82, 2.24) is 19.9 Å². The van der Waals surface area contributed by atoms with Crippen LogP contribution < -0.4 is 0 Å². The monoisotopic (exact) mass is 354 g/mol. The molecule has 1 aromatic heterocycles. The third kappa shape index (κ3) is 3.65. The molecule has 0 saturated carbocycles. The van der Waals surface area contributed by atoms with Crippen molar-refractivity contribution in [2.75, 3.05) is 6.54 Å². The fourth-order valence-corrected chi connectivity index (χ4v) is 3.08. The maximum absolute atomic E-state index is 11.3. The molecule has 2 heterocycles. The number of hydrogen-bond acceptors (Lipinski definition) is 4. The largest absolute Gasteiger partial charge is 0.480 e. The first-order valence-electron chi connectivity index (χ1n) is 7.38. The van der Waals surface area contributed by atoms with Crippen molar-refractivity contribution in [3.05, 3.63) is 40.1 Å². The van der Waals surface area contributed by atoms with Gasteiger partial charge in [-0.25, -0.2) is 4.68 Å². The number of carbonyl (C=O) groups is 1. The van der Waals surface area contributed by atoms with E-state index in [1.54, 1.807) is 29.1 Å². The normalized spacial score (nSPS) is 19.0. The van der Waals surface area contributed by atoms with Gasteiger partial charge in [-0.3, -0.25) is 9.69 Å². The Morgan fingerprint density at radius 3 is 2.87 bits per heavy atom. The lowest BCUT2D eigenvalue weighted by molar-refractivity contribution is -0.144. The minimum absolute atomic E-state index is 0.445. The zero-order valence-corrected chi connectivity index (χ0v) is 13.8. The van der Waals surface area contributed by atoms with Gasteiger partial charge in [-0.1, -0.05) is 34.8 Å². The first-order valence-corrected chi connectivity index (χ1v) is 8.13. The molecular weight excluding hydrogens is 339 g/mol. The van der Waals surface area contributed by atoms with Crippen LogP contribution in [-0.4, -0.2) is 43.6 Å². The predicted octanol–water partition coefficient (Wildman–Crippen LogP) is 3.01. The number of benzene rings is 1. The molecule has 23 heavy (non-hydrogen) atoms. The number of piperidine rings is 1. The average molecular weight is 355 g/mol. The van der Waals surface area contributed by atoms with Crippen molar-refractivity contribution in [3.8, 4) is 5.69 Å². The van der Waals surface area contributed by atoms with Crippen LogP contribution in [0, 0.1) is 0 Å². The van der Waals surface area contributed by atoms with Gasteiger partial charge in [-0.2, -0.15) is 0 Å². The standard InChI is InChI=1S/C15H16Cl2N4O2/c16-12-5-4-11(7-13(12)17)21-9-10(18-19-21)8-20-6-2-1-3-14(20)15(22)23/h4-5,7,9,14H,1-3,6,8H2,(H,22,23). The van der Waals surface area contributed by atoms with E-state index in [0.717, 1.165) is 30.8 Å². The van der Waals surface area contributed by atoms with Crippen LogP contribution in [0.5, 0.6) is 0 Å². The van der Waals surface area contributed by atoms with Crippen LogP contribution in [0.2, 0.25) is 10.0 Å². The van der Waals surface area contributed by atoms with Gasteiger partial charge in [0.2, 0.25) is 0 Å². The first kappa shape index (κ1) is 16.2. The van der Waals surface area contributed by atoms with Gasteiger partial charge in [0.15, 0.2) is 0 Å². The summed E-state index contributed by atoms with van der Waals surface area (Å²) in [6, 6.07) is 4.77. The number of rotatable bonds is 4. The number of likely N-dealkylation sites (tertiary alicyclic amines) is 1. The van der Waals surface area contributed by atoms with Crippen LogP contribution in [-0.2, 0) is 11.3 Å². The van der Waals surface area contributed by atoms with E-state index in [9.17, 15) is 9.90 Å². The van der Waals surface area contributed by atoms with Gasteiger partial charge in [0.25, 0.3) is 0 Å².